The second-order valence-electron chi connectivity index (χ2n) is 6.83. The molecule has 0 aliphatic carbocycles. The third-order valence-corrected chi connectivity index (χ3v) is 4.99. The number of rotatable bonds is 5. The molecule has 3 heteroatoms. The zero-order valence-electron chi connectivity index (χ0n) is 14.1. The summed E-state index contributed by atoms with van der Waals surface area (Å²) < 4.78 is 0. The van der Waals surface area contributed by atoms with Gasteiger partial charge in [-0.2, -0.15) is 0 Å². The van der Waals surface area contributed by atoms with Crippen LogP contribution in [0.4, 0.5) is 0 Å². The Bertz CT molecular complexity index is 484. The van der Waals surface area contributed by atoms with Crippen LogP contribution in [0.2, 0.25) is 19.6 Å². The van der Waals surface area contributed by atoms with E-state index < -0.39 is 8.07 Å². The molecule has 0 radical (unpaired) electrons. The average Bonchev–Trinajstić information content (AvgIpc) is 2.27. The number of hydrogen-bond donors (Lipinski definition) is 0. The molecule has 0 saturated carbocycles. The second kappa shape index (κ2) is 6.57. The smallest absolute Gasteiger partial charge is 0.254 e. The number of aryl methyl sites for hydroxylation is 2. The Hall–Kier alpha value is -1.09. The van der Waals surface area contributed by atoms with E-state index in [-0.39, 0.29) is 5.91 Å². The first-order valence-electron chi connectivity index (χ1n) is 7.59. The van der Waals surface area contributed by atoms with E-state index in [1.807, 2.05) is 18.7 Å². The van der Waals surface area contributed by atoms with Crippen molar-refractivity contribution in [2.24, 2.45) is 0 Å². The summed E-state index contributed by atoms with van der Waals surface area (Å²) in [6.45, 7) is 16.9. The van der Waals surface area contributed by atoms with Crippen molar-refractivity contribution in [3.05, 3.63) is 34.4 Å². The van der Waals surface area contributed by atoms with Crippen molar-refractivity contribution in [3.8, 4) is 0 Å². The largest absolute Gasteiger partial charge is 0.339 e. The van der Waals surface area contributed by atoms with Gasteiger partial charge in [-0.1, -0.05) is 37.3 Å². The maximum atomic E-state index is 12.8. The Morgan fingerprint density at radius 3 is 2.10 bits per heavy atom. The zero-order valence-corrected chi connectivity index (χ0v) is 15.1. The molecule has 1 amide bonds. The molecule has 0 bridgehead atoms. The summed E-state index contributed by atoms with van der Waals surface area (Å²) in [7, 11) is -1.25. The molecule has 0 fully saturated rings. The van der Waals surface area contributed by atoms with Crippen LogP contribution in [-0.2, 0) is 6.04 Å². The van der Waals surface area contributed by atoms with Crippen LogP contribution in [0.15, 0.2) is 12.1 Å². The molecule has 0 spiro atoms. The molecular formula is C17H29NOSi. The lowest BCUT2D eigenvalue weighted by Gasteiger charge is -2.24. The van der Waals surface area contributed by atoms with Gasteiger partial charge in [0.15, 0.2) is 0 Å². The minimum absolute atomic E-state index is 0.195. The van der Waals surface area contributed by atoms with Crippen molar-refractivity contribution < 1.29 is 4.79 Å². The number of carbonyl (C=O) groups excluding carboxylic acids is 1. The lowest BCUT2D eigenvalue weighted by molar-refractivity contribution is 0.0771. The fourth-order valence-electron chi connectivity index (χ4n) is 2.74. The number of nitrogens with zero attached hydrogens (tertiary/aromatic N) is 1. The van der Waals surface area contributed by atoms with Crippen molar-refractivity contribution in [3.63, 3.8) is 0 Å². The van der Waals surface area contributed by atoms with Crippen LogP contribution in [0.5, 0.6) is 0 Å². The standard InChI is InChI=1S/C17H29NOSi/c1-8-18(9-2)17(19)16-14(4)10-13(3)11-15(16)12-20(5,6)7/h10-11H,8-9,12H2,1-7H3. The van der Waals surface area contributed by atoms with Gasteiger partial charge >= 0.3 is 0 Å². The Morgan fingerprint density at radius 1 is 1.10 bits per heavy atom. The highest BCUT2D eigenvalue weighted by atomic mass is 28.3. The van der Waals surface area contributed by atoms with Crippen LogP contribution < -0.4 is 0 Å². The summed E-state index contributed by atoms with van der Waals surface area (Å²) in [5, 5.41) is 0. The van der Waals surface area contributed by atoms with E-state index in [2.05, 4.69) is 45.6 Å². The minimum atomic E-state index is -1.25. The van der Waals surface area contributed by atoms with Gasteiger partial charge in [0.2, 0.25) is 0 Å². The Labute approximate surface area is 125 Å². The van der Waals surface area contributed by atoms with E-state index in [0.717, 1.165) is 30.3 Å². The van der Waals surface area contributed by atoms with Gasteiger partial charge in [0.25, 0.3) is 5.91 Å². The average molecular weight is 292 g/mol. The van der Waals surface area contributed by atoms with Crippen LogP contribution >= 0.6 is 0 Å². The summed E-state index contributed by atoms with van der Waals surface area (Å²) in [6, 6.07) is 5.41. The topological polar surface area (TPSA) is 20.3 Å². The highest BCUT2D eigenvalue weighted by Crippen LogP contribution is 2.23. The van der Waals surface area contributed by atoms with Gasteiger partial charge in [0.1, 0.15) is 0 Å². The highest BCUT2D eigenvalue weighted by molar-refractivity contribution is 6.75. The summed E-state index contributed by atoms with van der Waals surface area (Å²) >= 11 is 0. The molecule has 2 nitrogen and oxygen atoms in total. The summed E-state index contributed by atoms with van der Waals surface area (Å²) in [6.07, 6.45) is 0. The first kappa shape index (κ1) is 17.0. The number of benzene rings is 1. The molecule has 0 heterocycles. The minimum Gasteiger partial charge on any atom is -0.339 e. The van der Waals surface area contributed by atoms with Crippen LogP contribution in [0.25, 0.3) is 0 Å². The quantitative estimate of drug-likeness (QED) is 0.744. The molecule has 1 rings (SSSR count). The van der Waals surface area contributed by atoms with E-state index in [9.17, 15) is 4.79 Å². The van der Waals surface area contributed by atoms with Gasteiger partial charge in [-0.05, 0) is 44.9 Å². The van der Waals surface area contributed by atoms with Crippen LogP contribution in [-0.4, -0.2) is 32.0 Å². The van der Waals surface area contributed by atoms with Crippen molar-refractivity contribution in [1.29, 1.82) is 0 Å². The fraction of sp³-hybridized carbons (Fsp3) is 0.588. The van der Waals surface area contributed by atoms with Gasteiger partial charge in [-0.3, -0.25) is 4.79 Å². The molecule has 0 saturated heterocycles. The van der Waals surface area contributed by atoms with E-state index >= 15 is 0 Å². The van der Waals surface area contributed by atoms with Gasteiger partial charge in [-0.25, -0.2) is 0 Å². The van der Waals surface area contributed by atoms with Crippen molar-refractivity contribution in [1.82, 2.24) is 4.90 Å². The maximum absolute atomic E-state index is 12.8. The molecule has 0 aromatic heterocycles. The molecule has 0 unspecified atom stereocenters. The van der Waals surface area contributed by atoms with E-state index in [4.69, 9.17) is 0 Å². The van der Waals surface area contributed by atoms with Crippen LogP contribution in [0.1, 0.15) is 40.9 Å². The van der Waals surface area contributed by atoms with Gasteiger partial charge in [0, 0.05) is 26.7 Å². The Morgan fingerprint density at radius 2 is 1.65 bits per heavy atom. The van der Waals surface area contributed by atoms with E-state index in [1.54, 1.807) is 0 Å². The molecule has 0 aliphatic heterocycles. The molecular weight excluding hydrogens is 262 g/mol. The highest BCUT2D eigenvalue weighted by Gasteiger charge is 2.23. The first-order chi connectivity index (χ1) is 9.19. The molecule has 0 N–H and O–H groups in total. The fourth-order valence-corrected chi connectivity index (χ4v) is 4.16. The molecule has 0 atom stereocenters. The predicted octanol–water partition coefficient (Wildman–Crippen LogP) is 4.21. The van der Waals surface area contributed by atoms with Gasteiger partial charge < -0.3 is 4.90 Å². The molecule has 0 aliphatic rings. The van der Waals surface area contributed by atoms with Crippen molar-refractivity contribution >= 4 is 14.0 Å². The third kappa shape index (κ3) is 4.20. The lowest BCUT2D eigenvalue weighted by atomic mass is 9.98. The Kier molecular flexibility index (Phi) is 5.57. The van der Waals surface area contributed by atoms with E-state index in [1.165, 1.54) is 11.1 Å². The van der Waals surface area contributed by atoms with Gasteiger partial charge in [0.05, 0.1) is 0 Å². The van der Waals surface area contributed by atoms with Crippen molar-refractivity contribution in [2.75, 3.05) is 13.1 Å². The summed E-state index contributed by atoms with van der Waals surface area (Å²) in [5.74, 6) is 0.195. The molecule has 112 valence electrons. The SMILES string of the molecule is CCN(CC)C(=O)c1c(C)cc(C)cc1C[Si](C)(C)C. The predicted molar refractivity (Wildman–Crippen MR) is 90.2 cm³/mol. The number of hydrogen-bond acceptors (Lipinski definition) is 1. The monoisotopic (exact) mass is 291 g/mol. The zero-order chi connectivity index (χ0) is 15.5. The summed E-state index contributed by atoms with van der Waals surface area (Å²) in [4.78, 5) is 14.7. The molecule has 1 aromatic rings. The van der Waals surface area contributed by atoms with E-state index in [0.29, 0.717) is 0 Å². The summed E-state index contributed by atoms with van der Waals surface area (Å²) in [5.41, 5.74) is 4.57. The normalized spacial score (nSPS) is 11.6. The van der Waals surface area contributed by atoms with Crippen LogP contribution in [0, 0.1) is 13.8 Å². The first-order valence-corrected chi connectivity index (χ1v) is 11.3. The van der Waals surface area contributed by atoms with Crippen LogP contribution in [0.3, 0.4) is 0 Å². The van der Waals surface area contributed by atoms with Crippen molar-refractivity contribution in [2.45, 2.75) is 53.4 Å². The van der Waals surface area contributed by atoms with Gasteiger partial charge in [-0.15, -0.1) is 0 Å². The number of carbonyl (C=O) groups is 1. The third-order valence-electron chi connectivity index (χ3n) is 3.55. The lowest BCUT2D eigenvalue weighted by Crippen LogP contribution is -2.33. The molecule has 1 aromatic carbocycles. The molecule has 20 heavy (non-hydrogen) atoms. The maximum Gasteiger partial charge on any atom is 0.254 e. The second-order valence-corrected chi connectivity index (χ2v) is 12.3. The Balaban J connectivity index is 3.33. The number of amides is 1.